The number of aromatic amines is 1. The van der Waals surface area contributed by atoms with Gasteiger partial charge in [0.25, 0.3) is 0 Å². The minimum absolute atomic E-state index is 0.0924. The van der Waals surface area contributed by atoms with Gasteiger partial charge < -0.3 is 5.32 Å². The van der Waals surface area contributed by atoms with Gasteiger partial charge in [-0.25, -0.2) is 4.98 Å². The highest BCUT2D eigenvalue weighted by molar-refractivity contribution is 7.13. The SMILES string of the molecule is CCCC(NC(=O)Cc1csc(-c2ccc(C(C)C)cc2)n1)c1nn[nH]n1. The molecule has 0 fully saturated rings. The van der Waals surface area contributed by atoms with E-state index in [9.17, 15) is 4.79 Å². The largest absolute Gasteiger partial charge is 0.346 e. The van der Waals surface area contributed by atoms with Gasteiger partial charge in [0.15, 0.2) is 5.82 Å². The van der Waals surface area contributed by atoms with Gasteiger partial charge in [-0.05, 0) is 17.9 Å². The lowest BCUT2D eigenvalue weighted by Crippen LogP contribution is -2.30. The zero-order chi connectivity index (χ0) is 19.2. The van der Waals surface area contributed by atoms with Crippen molar-refractivity contribution in [3.05, 3.63) is 46.7 Å². The standard InChI is InChI=1S/C19H24N6OS/c1-4-5-16(18-22-24-25-23-18)21-17(26)10-15-11-27-19(20-15)14-8-6-13(7-9-14)12(2)3/h6-9,11-12,16H,4-5,10H2,1-3H3,(H,21,26)(H,22,23,24,25). The molecule has 7 nitrogen and oxygen atoms in total. The van der Waals surface area contributed by atoms with E-state index >= 15 is 0 Å². The monoisotopic (exact) mass is 384 g/mol. The van der Waals surface area contributed by atoms with Gasteiger partial charge >= 0.3 is 0 Å². The van der Waals surface area contributed by atoms with Crippen LogP contribution in [0.4, 0.5) is 0 Å². The van der Waals surface area contributed by atoms with E-state index < -0.39 is 0 Å². The number of nitrogens with one attached hydrogen (secondary N) is 2. The number of aromatic nitrogens is 5. The van der Waals surface area contributed by atoms with E-state index in [0.717, 1.165) is 29.1 Å². The summed E-state index contributed by atoms with van der Waals surface area (Å²) in [4.78, 5) is 17.0. The van der Waals surface area contributed by atoms with Crippen molar-refractivity contribution >= 4 is 17.2 Å². The summed E-state index contributed by atoms with van der Waals surface area (Å²) in [6.07, 6.45) is 1.90. The maximum absolute atomic E-state index is 12.4. The maximum atomic E-state index is 12.4. The van der Waals surface area contributed by atoms with Gasteiger partial charge in [-0.2, -0.15) is 5.21 Å². The zero-order valence-electron chi connectivity index (χ0n) is 15.8. The molecule has 2 heterocycles. The molecule has 2 N–H and O–H groups in total. The fourth-order valence-corrected chi connectivity index (χ4v) is 3.64. The van der Waals surface area contributed by atoms with Crippen molar-refractivity contribution in [1.82, 2.24) is 30.9 Å². The number of hydrogen-bond donors (Lipinski definition) is 2. The van der Waals surface area contributed by atoms with Crippen molar-refractivity contribution in [3.63, 3.8) is 0 Å². The third-order valence-electron chi connectivity index (χ3n) is 4.30. The van der Waals surface area contributed by atoms with Crippen LogP contribution in [0.1, 0.15) is 62.7 Å². The van der Waals surface area contributed by atoms with Crippen molar-refractivity contribution in [3.8, 4) is 10.6 Å². The van der Waals surface area contributed by atoms with E-state index in [2.05, 4.69) is 76.0 Å². The number of thiazole rings is 1. The predicted octanol–water partition coefficient (Wildman–Crippen LogP) is 3.65. The zero-order valence-corrected chi connectivity index (χ0v) is 16.6. The van der Waals surface area contributed by atoms with E-state index in [-0.39, 0.29) is 18.4 Å². The fourth-order valence-electron chi connectivity index (χ4n) is 2.81. The first-order valence-corrected chi connectivity index (χ1v) is 10.0. The third-order valence-corrected chi connectivity index (χ3v) is 5.24. The fraction of sp³-hybridized carbons (Fsp3) is 0.421. The Kier molecular flexibility index (Phi) is 6.28. The lowest BCUT2D eigenvalue weighted by atomic mass is 10.0. The molecule has 1 unspecified atom stereocenters. The van der Waals surface area contributed by atoms with Gasteiger partial charge in [0, 0.05) is 10.9 Å². The van der Waals surface area contributed by atoms with Crippen LogP contribution in [0.15, 0.2) is 29.6 Å². The molecule has 0 bridgehead atoms. The summed E-state index contributed by atoms with van der Waals surface area (Å²) >= 11 is 1.55. The van der Waals surface area contributed by atoms with E-state index in [0.29, 0.717) is 11.7 Å². The van der Waals surface area contributed by atoms with Crippen molar-refractivity contribution < 1.29 is 4.79 Å². The molecule has 1 atom stereocenters. The number of amides is 1. The molecule has 3 rings (SSSR count). The molecule has 0 aliphatic rings. The Morgan fingerprint density at radius 1 is 1.26 bits per heavy atom. The van der Waals surface area contributed by atoms with Gasteiger partial charge in [0.2, 0.25) is 5.91 Å². The Balaban J connectivity index is 1.63. The number of rotatable bonds is 8. The van der Waals surface area contributed by atoms with E-state index in [1.807, 2.05) is 5.38 Å². The normalized spacial score (nSPS) is 12.3. The number of H-pyrrole nitrogens is 1. The Hall–Kier alpha value is -2.61. The van der Waals surface area contributed by atoms with Gasteiger partial charge in [-0.3, -0.25) is 4.79 Å². The van der Waals surface area contributed by atoms with Crippen LogP contribution in [-0.4, -0.2) is 31.5 Å². The first-order valence-electron chi connectivity index (χ1n) is 9.14. The number of nitrogens with zero attached hydrogens (tertiary/aromatic N) is 4. The molecule has 0 aliphatic carbocycles. The van der Waals surface area contributed by atoms with Crippen LogP contribution < -0.4 is 5.32 Å². The van der Waals surface area contributed by atoms with Crippen LogP contribution in [0.25, 0.3) is 10.6 Å². The number of carbonyl (C=O) groups is 1. The summed E-state index contributed by atoms with van der Waals surface area (Å²) in [5, 5.41) is 19.8. The van der Waals surface area contributed by atoms with Crippen molar-refractivity contribution in [1.29, 1.82) is 0 Å². The van der Waals surface area contributed by atoms with Crippen LogP contribution in [0.5, 0.6) is 0 Å². The van der Waals surface area contributed by atoms with E-state index in [1.165, 1.54) is 5.56 Å². The molecule has 0 spiro atoms. The number of benzene rings is 1. The van der Waals surface area contributed by atoms with E-state index in [4.69, 9.17) is 0 Å². The topological polar surface area (TPSA) is 96.5 Å². The highest BCUT2D eigenvalue weighted by Crippen LogP contribution is 2.26. The minimum atomic E-state index is -0.233. The quantitative estimate of drug-likeness (QED) is 0.618. The summed E-state index contributed by atoms with van der Waals surface area (Å²) in [6, 6.07) is 8.21. The van der Waals surface area contributed by atoms with Crippen LogP contribution >= 0.6 is 11.3 Å². The summed E-state index contributed by atoms with van der Waals surface area (Å²) in [5.41, 5.74) is 3.15. The molecular formula is C19H24N6OS. The highest BCUT2D eigenvalue weighted by Gasteiger charge is 2.19. The van der Waals surface area contributed by atoms with Crippen LogP contribution in [0.3, 0.4) is 0 Å². The van der Waals surface area contributed by atoms with Gasteiger partial charge in [-0.1, -0.05) is 56.7 Å². The molecule has 8 heteroatoms. The Bertz CT molecular complexity index is 857. The maximum Gasteiger partial charge on any atom is 0.226 e. The number of tetrazole rings is 1. The predicted molar refractivity (Wildman–Crippen MR) is 105 cm³/mol. The lowest BCUT2D eigenvalue weighted by molar-refractivity contribution is -0.121. The van der Waals surface area contributed by atoms with Gasteiger partial charge in [-0.15, -0.1) is 21.5 Å². The first-order chi connectivity index (χ1) is 13.1. The average molecular weight is 385 g/mol. The summed E-state index contributed by atoms with van der Waals surface area (Å²) < 4.78 is 0. The van der Waals surface area contributed by atoms with Crippen molar-refractivity contribution in [2.45, 2.75) is 52.0 Å². The second-order valence-electron chi connectivity index (χ2n) is 6.78. The Morgan fingerprint density at radius 3 is 2.67 bits per heavy atom. The molecule has 1 amide bonds. The molecule has 0 saturated heterocycles. The second-order valence-corrected chi connectivity index (χ2v) is 7.63. The van der Waals surface area contributed by atoms with Crippen molar-refractivity contribution in [2.24, 2.45) is 0 Å². The van der Waals surface area contributed by atoms with E-state index in [1.54, 1.807) is 11.3 Å². The smallest absolute Gasteiger partial charge is 0.226 e. The second kappa shape index (κ2) is 8.85. The van der Waals surface area contributed by atoms with Crippen LogP contribution in [-0.2, 0) is 11.2 Å². The molecule has 0 aliphatic heterocycles. The molecule has 27 heavy (non-hydrogen) atoms. The molecule has 0 radical (unpaired) electrons. The third kappa shape index (κ3) is 4.97. The first kappa shape index (κ1) is 19.2. The number of hydrogen-bond acceptors (Lipinski definition) is 6. The highest BCUT2D eigenvalue weighted by atomic mass is 32.1. The Morgan fingerprint density at radius 2 is 2.04 bits per heavy atom. The van der Waals surface area contributed by atoms with Gasteiger partial charge in [0.1, 0.15) is 5.01 Å². The van der Waals surface area contributed by atoms with Gasteiger partial charge in [0.05, 0.1) is 18.2 Å². The molecule has 1 aromatic carbocycles. The number of carbonyl (C=O) groups excluding carboxylic acids is 1. The molecule has 2 aromatic heterocycles. The van der Waals surface area contributed by atoms with Crippen molar-refractivity contribution in [2.75, 3.05) is 0 Å². The lowest BCUT2D eigenvalue weighted by Gasteiger charge is -2.13. The Labute approximate surface area is 162 Å². The molecule has 0 saturated carbocycles. The molecular weight excluding hydrogens is 360 g/mol. The average Bonchev–Trinajstić information content (AvgIpc) is 3.33. The van der Waals surface area contributed by atoms with Crippen LogP contribution in [0, 0.1) is 0 Å². The summed E-state index contributed by atoms with van der Waals surface area (Å²) in [5.74, 6) is 0.921. The summed E-state index contributed by atoms with van der Waals surface area (Å²) in [7, 11) is 0. The molecule has 3 aromatic rings. The minimum Gasteiger partial charge on any atom is -0.346 e. The summed E-state index contributed by atoms with van der Waals surface area (Å²) in [6.45, 7) is 6.40. The van der Waals surface area contributed by atoms with Crippen LogP contribution in [0.2, 0.25) is 0 Å². The molecule has 142 valence electrons.